The highest BCUT2D eigenvalue weighted by atomic mass is 16.6. The summed E-state index contributed by atoms with van der Waals surface area (Å²) in [7, 11) is 0. The second kappa shape index (κ2) is 13.3. The Morgan fingerprint density at radius 3 is 1.97 bits per heavy atom. The molecule has 1 atom stereocenters. The van der Waals surface area contributed by atoms with Crippen molar-refractivity contribution in [1.82, 2.24) is 5.32 Å². The molecular formula is C30H33N3O5. The number of hydrogen-bond donors (Lipinski definition) is 2. The van der Waals surface area contributed by atoms with Crippen molar-refractivity contribution in [3.8, 4) is 17.6 Å². The molecule has 0 saturated carbocycles. The summed E-state index contributed by atoms with van der Waals surface area (Å²) >= 11 is 0. The summed E-state index contributed by atoms with van der Waals surface area (Å²) in [6.07, 6.45) is 0.229. The van der Waals surface area contributed by atoms with Gasteiger partial charge in [0, 0.05) is 18.5 Å². The Balaban J connectivity index is 1.36. The monoisotopic (exact) mass is 515 g/mol. The predicted molar refractivity (Wildman–Crippen MR) is 144 cm³/mol. The van der Waals surface area contributed by atoms with Gasteiger partial charge in [0.2, 0.25) is 0 Å². The van der Waals surface area contributed by atoms with Crippen LogP contribution >= 0.6 is 0 Å². The number of nitriles is 1. The Morgan fingerprint density at radius 1 is 0.895 bits per heavy atom. The maximum absolute atomic E-state index is 12.6. The number of nitrogens with two attached hydrogens (primary N) is 1. The Labute approximate surface area is 223 Å². The van der Waals surface area contributed by atoms with Crippen LogP contribution in [0.3, 0.4) is 0 Å². The van der Waals surface area contributed by atoms with Gasteiger partial charge >= 0.3 is 6.09 Å². The second-order valence-corrected chi connectivity index (χ2v) is 9.65. The van der Waals surface area contributed by atoms with Gasteiger partial charge in [0.1, 0.15) is 17.1 Å². The van der Waals surface area contributed by atoms with E-state index in [2.05, 4.69) is 5.32 Å². The molecule has 198 valence electrons. The first kappa shape index (κ1) is 28.2. The summed E-state index contributed by atoms with van der Waals surface area (Å²) in [6, 6.07) is 22.3. The van der Waals surface area contributed by atoms with Gasteiger partial charge in [-0.15, -0.1) is 0 Å². The molecule has 1 unspecified atom stereocenters. The molecule has 0 aromatic heterocycles. The van der Waals surface area contributed by atoms with Crippen LogP contribution in [0.5, 0.6) is 11.5 Å². The van der Waals surface area contributed by atoms with Crippen molar-refractivity contribution >= 4 is 11.9 Å². The first-order valence-electron chi connectivity index (χ1n) is 12.4. The molecule has 3 aromatic rings. The fourth-order valence-electron chi connectivity index (χ4n) is 3.44. The quantitative estimate of drug-likeness (QED) is 0.262. The lowest BCUT2D eigenvalue weighted by atomic mass is 9.97. The van der Waals surface area contributed by atoms with Crippen LogP contribution in [0.25, 0.3) is 0 Å². The number of rotatable bonds is 11. The van der Waals surface area contributed by atoms with Crippen LogP contribution in [0.15, 0.2) is 72.8 Å². The Morgan fingerprint density at radius 2 is 1.45 bits per heavy atom. The van der Waals surface area contributed by atoms with Crippen molar-refractivity contribution < 1.29 is 23.8 Å². The van der Waals surface area contributed by atoms with Crippen molar-refractivity contribution in [2.45, 2.75) is 45.4 Å². The van der Waals surface area contributed by atoms with Crippen molar-refractivity contribution in [3.05, 3.63) is 95.1 Å². The van der Waals surface area contributed by atoms with E-state index in [-0.39, 0.29) is 5.78 Å². The van der Waals surface area contributed by atoms with Crippen LogP contribution in [0.1, 0.15) is 60.3 Å². The first-order valence-corrected chi connectivity index (χ1v) is 12.4. The molecule has 0 aliphatic rings. The van der Waals surface area contributed by atoms with Crippen LogP contribution in [-0.4, -0.2) is 30.7 Å². The molecule has 8 nitrogen and oxygen atoms in total. The van der Waals surface area contributed by atoms with Crippen LogP contribution in [-0.2, 0) is 11.3 Å². The van der Waals surface area contributed by atoms with E-state index < -0.39 is 17.7 Å². The number of nitrogens with one attached hydrogen (secondary N) is 1. The molecule has 0 radical (unpaired) electrons. The average Bonchev–Trinajstić information content (AvgIpc) is 2.91. The molecule has 0 aliphatic carbocycles. The van der Waals surface area contributed by atoms with Gasteiger partial charge in [-0.05, 0) is 68.3 Å². The largest absolute Gasteiger partial charge is 0.493 e. The molecule has 3 N–H and O–H groups in total. The summed E-state index contributed by atoms with van der Waals surface area (Å²) in [4.78, 5) is 24.4. The highest BCUT2D eigenvalue weighted by molar-refractivity contribution is 6.00. The van der Waals surface area contributed by atoms with Gasteiger partial charge in [-0.1, -0.05) is 36.4 Å². The van der Waals surface area contributed by atoms with E-state index in [1.54, 1.807) is 48.5 Å². The maximum Gasteiger partial charge on any atom is 0.407 e. The molecule has 0 spiro atoms. The lowest BCUT2D eigenvalue weighted by Gasteiger charge is -2.19. The zero-order chi connectivity index (χ0) is 27.5. The zero-order valence-corrected chi connectivity index (χ0v) is 21.9. The minimum atomic E-state index is -0.801. The third kappa shape index (κ3) is 8.95. The van der Waals surface area contributed by atoms with Gasteiger partial charge in [0.25, 0.3) is 0 Å². The number of carbonyl (C=O) groups is 2. The predicted octanol–water partition coefficient (Wildman–Crippen LogP) is 5.31. The minimum absolute atomic E-state index is 0.215. The molecule has 0 saturated heterocycles. The first-order chi connectivity index (χ1) is 18.1. The second-order valence-electron chi connectivity index (χ2n) is 9.65. The number of alkyl carbamates (subject to hydrolysis) is 1. The smallest absolute Gasteiger partial charge is 0.407 e. The highest BCUT2D eigenvalue weighted by Crippen LogP contribution is 2.20. The normalized spacial score (nSPS) is 11.7. The van der Waals surface area contributed by atoms with Crippen LogP contribution in [0.4, 0.5) is 4.79 Å². The molecular weight excluding hydrogens is 482 g/mol. The molecule has 1 amide bonds. The van der Waals surface area contributed by atoms with E-state index in [9.17, 15) is 9.59 Å². The lowest BCUT2D eigenvalue weighted by Crippen LogP contribution is -2.32. The standard InChI is InChI=1S/C30H33N3O5/c1-30(2,3)38-29(35)33-20-22-7-13-25(14-8-22)36-17-4-18-37-26-15-11-23(12-16-26)27(32)28(34)24-9-5-21(19-31)6-10-24/h5-16,27H,4,17-18,20,32H2,1-3H3,(H,33,35). The molecule has 38 heavy (non-hydrogen) atoms. The molecule has 0 bridgehead atoms. The Kier molecular flexibility index (Phi) is 9.85. The van der Waals surface area contributed by atoms with Gasteiger partial charge in [0.15, 0.2) is 5.78 Å². The fourth-order valence-corrected chi connectivity index (χ4v) is 3.44. The summed E-state index contributed by atoms with van der Waals surface area (Å²) in [5.74, 6) is 1.19. The summed E-state index contributed by atoms with van der Waals surface area (Å²) in [6.45, 7) is 6.78. The van der Waals surface area contributed by atoms with Gasteiger partial charge in [-0.3, -0.25) is 4.79 Å². The van der Waals surface area contributed by atoms with Crippen molar-refractivity contribution in [3.63, 3.8) is 0 Å². The van der Waals surface area contributed by atoms with Crippen molar-refractivity contribution in [2.24, 2.45) is 5.73 Å². The zero-order valence-electron chi connectivity index (χ0n) is 21.9. The lowest BCUT2D eigenvalue weighted by molar-refractivity contribution is 0.0523. The third-order valence-electron chi connectivity index (χ3n) is 5.41. The van der Waals surface area contributed by atoms with Crippen LogP contribution in [0.2, 0.25) is 0 Å². The van der Waals surface area contributed by atoms with E-state index in [1.165, 1.54) is 0 Å². The fraction of sp³-hybridized carbons (Fsp3) is 0.300. The SMILES string of the molecule is CC(C)(C)OC(=O)NCc1ccc(OCCCOc2ccc(C(N)C(=O)c3ccc(C#N)cc3)cc2)cc1. The van der Waals surface area contributed by atoms with E-state index in [0.717, 1.165) is 11.3 Å². The van der Waals surface area contributed by atoms with Crippen molar-refractivity contribution in [1.29, 1.82) is 5.26 Å². The molecule has 0 aliphatic heterocycles. The number of ketones is 1. The summed E-state index contributed by atoms with van der Waals surface area (Å²) in [5.41, 5.74) is 8.19. The maximum atomic E-state index is 12.6. The number of nitrogens with zero attached hydrogens (tertiary/aromatic N) is 1. The summed E-state index contributed by atoms with van der Waals surface area (Å²) < 4.78 is 16.8. The van der Waals surface area contributed by atoms with E-state index >= 15 is 0 Å². The number of hydrogen-bond acceptors (Lipinski definition) is 7. The third-order valence-corrected chi connectivity index (χ3v) is 5.41. The van der Waals surface area contributed by atoms with Gasteiger partial charge in [0.05, 0.1) is 30.9 Å². The Hall–Kier alpha value is -4.35. The number of carbonyl (C=O) groups excluding carboxylic acids is 2. The van der Waals surface area contributed by atoms with Gasteiger partial charge in [-0.2, -0.15) is 5.26 Å². The molecule has 8 heteroatoms. The number of amides is 1. The molecule has 3 rings (SSSR count). The summed E-state index contributed by atoms with van der Waals surface area (Å²) in [5, 5.41) is 11.6. The average molecular weight is 516 g/mol. The topological polar surface area (TPSA) is 124 Å². The van der Waals surface area contributed by atoms with Gasteiger partial charge < -0.3 is 25.3 Å². The van der Waals surface area contributed by atoms with E-state index in [1.807, 2.05) is 51.1 Å². The Bertz CT molecular complexity index is 1240. The van der Waals surface area contributed by atoms with Gasteiger partial charge in [-0.25, -0.2) is 4.79 Å². The molecule has 3 aromatic carbocycles. The minimum Gasteiger partial charge on any atom is -0.493 e. The highest BCUT2D eigenvalue weighted by Gasteiger charge is 2.18. The molecule has 0 heterocycles. The van der Waals surface area contributed by atoms with E-state index in [4.69, 9.17) is 25.2 Å². The van der Waals surface area contributed by atoms with Crippen LogP contribution < -0.4 is 20.5 Å². The number of Topliss-reactive ketones (excluding diaryl/α,β-unsaturated/α-hetero) is 1. The van der Waals surface area contributed by atoms with Crippen molar-refractivity contribution in [2.75, 3.05) is 13.2 Å². The number of benzene rings is 3. The number of ether oxygens (including phenoxy) is 3. The molecule has 0 fully saturated rings. The van der Waals surface area contributed by atoms with E-state index in [0.29, 0.717) is 48.6 Å². The van der Waals surface area contributed by atoms with Crippen LogP contribution in [0, 0.1) is 11.3 Å².